The molecular formula is C27H22F3NO6. The summed E-state index contributed by atoms with van der Waals surface area (Å²) in [5.74, 6) is -1.56. The molecule has 1 atom stereocenters. The van der Waals surface area contributed by atoms with E-state index in [4.69, 9.17) is 14.2 Å². The van der Waals surface area contributed by atoms with E-state index in [2.05, 4.69) is 0 Å². The van der Waals surface area contributed by atoms with Crippen LogP contribution in [0.1, 0.15) is 22.7 Å². The predicted octanol–water partition coefficient (Wildman–Crippen LogP) is 5.36. The predicted molar refractivity (Wildman–Crippen MR) is 129 cm³/mol. The first-order valence-corrected chi connectivity index (χ1v) is 10.9. The first-order chi connectivity index (χ1) is 17.6. The van der Waals surface area contributed by atoms with Crippen LogP contribution in [0.15, 0.2) is 72.3 Å². The Labute approximate surface area is 210 Å². The SMILES string of the molecule is COc1ccc(C(O)=C2C(=O)C(=O)N(c3cccc(C(F)(F)F)c3)C2c2ccc(OC)cc2OC)cc1. The lowest BCUT2D eigenvalue weighted by molar-refractivity contribution is -0.137. The molecule has 1 saturated heterocycles. The van der Waals surface area contributed by atoms with Crippen LogP contribution in [0, 0.1) is 0 Å². The number of nitrogens with zero attached hydrogens (tertiary/aromatic N) is 1. The van der Waals surface area contributed by atoms with Crippen LogP contribution in [0.5, 0.6) is 17.2 Å². The van der Waals surface area contributed by atoms with E-state index in [1.807, 2.05) is 0 Å². The molecule has 0 radical (unpaired) electrons. The fourth-order valence-corrected chi connectivity index (χ4v) is 4.17. The molecule has 37 heavy (non-hydrogen) atoms. The van der Waals surface area contributed by atoms with Gasteiger partial charge in [0.25, 0.3) is 11.7 Å². The van der Waals surface area contributed by atoms with E-state index in [0.717, 1.165) is 23.1 Å². The number of hydrogen-bond donors (Lipinski definition) is 1. The van der Waals surface area contributed by atoms with Gasteiger partial charge in [-0.25, -0.2) is 0 Å². The maximum Gasteiger partial charge on any atom is 0.416 e. The van der Waals surface area contributed by atoms with Gasteiger partial charge in [-0.1, -0.05) is 6.07 Å². The van der Waals surface area contributed by atoms with Gasteiger partial charge < -0.3 is 19.3 Å². The molecule has 0 aromatic heterocycles. The molecular weight excluding hydrogens is 491 g/mol. The molecule has 1 fully saturated rings. The highest BCUT2D eigenvalue weighted by Gasteiger charge is 2.48. The minimum atomic E-state index is -4.68. The van der Waals surface area contributed by atoms with Crippen molar-refractivity contribution in [1.82, 2.24) is 0 Å². The highest BCUT2D eigenvalue weighted by molar-refractivity contribution is 6.51. The number of Topliss-reactive ketones (excluding diaryl/α,β-unsaturated/α-hetero) is 1. The van der Waals surface area contributed by atoms with Crippen LogP contribution < -0.4 is 19.1 Å². The number of methoxy groups -OCH3 is 3. The van der Waals surface area contributed by atoms with E-state index < -0.39 is 35.2 Å². The molecule has 1 amide bonds. The Morgan fingerprint density at radius 2 is 1.51 bits per heavy atom. The number of rotatable bonds is 6. The highest BCUT2D eigenvalue weighted by atomic mass is 19.4. The third-order valence-corrected chi connectivity index (χ3v) is 5.99. The number of aliphatic hydroxyl groups is 1. The molecule has 1 N–H and O–H groups in total. The number of anilines is 1. The molecule has 0 aliphatic carbocycles. The maximum absolute atomic E-state index is 13.5. The molecule has 0 spiro atoms. The van der Waals surface area contributed by atoms with Gasteiger partial charge in [-0.3, -0.25) is 14.5 Å². The largest absolute Gasteiger partial charge is 0.507 e. The van der Waals surface area contributed by atoms with Crippen LogP contribution in [0.25, 0.3) is 5.76 Å². The zero-order valence-electron chi connectivity index (χ0n) is 20.0. The fraction of sp³-hybridized carbons (Fsp3) is 0.185. The quantitative estimate of drug-likeness (QED) is 0.272. The number of amides is 1. The minimum Gasteiger partial charge on any atom is -0.507 e. The lowest BCUT2D eigenvalue weighted by Gasteiger charge is -2.27. The Morgan fingerprint density at radius 3 is 2.11 bits per heavy atom. The van der Waals surface area contributed by atoms with Gasteiger partial charge in [0.1, 0.15) is 23.0 Å². The first kappa shape index (κ1) is 25.6. The van der Waals surface area contributed by atoms with E-state index in [0.29, 0.717) is 11.5 Å². The summed E-state index contributed by atoms with van der Waals surface area (Å²) >= 11 is 0. The van der Waals surface area contributed by atoms with Crippen LogP contribution in [-0.2, 0) is 15.8 Å². The number of halogens is 3. The summed E-state index contributed by atoms with van der Waals surface area (Å²) in [4.78, 5) is 27.5. The Balaban J connectivity index is 1.98. The second-order valence-corrected chi connectivity index (χ2v) is 8.05. The van der Waals surface area contributed by atoms with Gasteiger partial charge in [0.2, 0.25) is 0 Å². The smallest absolute Gasteiger partial charge is 0.416 e. The fourth-order valence-electron chi connectivity index (χ4n) is 4.17. The normalized spacial score (nSPS) is 17.1. The van der Waals surface area contributed by atoms with Crippen molar-refractivity contribution in [2.24, 2.45) is 0 Å². The zero-order chi connectivity index (χ0) is 26.9. The van der Waals surface area contributed by atoms with E-state index >= 15 is 0 Å². The maximum atomic E-state index is 13.5. The number of carbonyl (C=O) groups is 2. The number of ether oxygens (including phenoxy) is 3. The van der Waals surface area contributed by atoms with Crippen molar-refractivity contribution in [2.45, 2.75) is 12.2 Å². The molecule has 10 heteroatoms. The Bertz CT molecular complexity index is 1380. The van der Waals surface area contributed by atoms with E-state index in [-0.39, 0.29) is 28.1 Å². The number of ketones is 1. The summed E-state index contributed by atoms with van der Waals surface area (Å²) in [7, 11) is 4.26. The number of benzene rings is 3. The lowest BCUT2D eigenvalue weighted by atomic mass is 9.94. The van der Waals surface area contributed by atoms with Crippen molar-refractivity contribution in [1.29, 1.82) is 0 Å². The third-order valence-electron chi connectivity index (χ3n) is 5.99. The average molecular weight is 513 g/mol. The van der Waals surface area contributed by atoms with Crippen molar-refractivity contribution >= 4 is 23.1 Å². The summed E-state index contributed by atoms with van der Waals surface area (Å²) < 4.78 is 56.2. The van der Waals surface area contributed by atoms with Gasteiger partial charge in [-0.05, 0) is 54.6 Å². The minimum absolute atomic E-state index is 0.173. The Morgan fingerprint density at radius 1 is 0.865 bits per heavy atom. The summed E-state index contributed by atoms with van der Waals surface area (Å²) in [5.41, 5.74) is -1.01. The number of carbonyl (C=O) groups excluding carboxylic acids is 2. The number of alkyl halides is 3. The summed E-state index contributed by atoms with van der Waals surface area (Å²) in [6, 6.07) is 13.5. The molecule has 0 saturated carbocycles. The zero-order valence-corrected chi connectivity index (χ0v) is 20.0. The lowest BCUT2D eigenvalue weighted by Crippen LogP contribution is -2.30. The molecule has 1 aliphatic heterocycles. The van der Waals surface area contributed by atoms with E-state index in [9.17, 15) is 27.9 Å². The second kappa shape index (κ2) is 9.88. The summed E-state index contributed by atoms with van der Waals surface area (Å²) in [6.45, 7) is 0. The molecule has 3 aromatic rings. The Kier molecular flexibility index (Phi) is 6.84. The van der Waals surface area contributed by atoms with Crippen LogP contribution in [-0.4, -0.2) is 38.1 Å². The van der Waals surface area contributed by atoms with Gasteiger partial charge in [-0.15, -0.1) is 0 Å². The van der Waals surface area contributed by atoms with Crippen molar-refractivity contribution < 1.29 is 42.1 Å². The molecule has 0 bridgehead atoms. The highest BCUT2D eigenvalue weighted by Crippen LogP contribution is 2.46. The van der Waals surface area contributed by atoms with Gasteiger partial charge in [0, 0.05) is 22.9 Å². The van der Waals surface area contributed by atoms with Gasteiger partial charge in [0.05, 0.1) is 38.5 Å². The monoisotopic (exact) mass is 513 g/mol. The standard InChI is InChI=1S/C27H22F3NO6/c1-35-18-9-7-15(8-10-18)24(32)22-23(20-12-11-19(36-2)14-21(20)37-3)31(26(34)25(22)33)17-6-4-5-16(13-17)27(28,29)30/h4-14,23,32H,1-3H3. The summed E-state index contributed by atoms with van der Waals surface area (Å²) in [5, 5.41) is 11.2. The molecule has 1 aliphatic rings. The van der Waals surface area contributed by atoms with Crippen molar-refractivity contribution in [3.05, 3.63) is 89.0 Å². The molecule has 3 aromatic carbocycles. The molecule has 4 rings (SSSR count). The van der Waals surface area contributed by atoms with Crippen LogP contribution in [0.3, 0.4) is 0 Å². The topological polar surface area (TPSA) is 85.3 Å². The van der Waals surface area contributed by atoms with Crippen LogP contribution >= 0.6 is 0 Å². The molecule has 1 unspecified atom stereocenters. The van der Waals surface area contributed by atoms with Gasteiger partial charge in [0.15, 0.2) is 0 Å². The number of hydrogen-bond acceptors (Lipinski definition) is 6. The van der Waals surface area contributed by atoms with Gasteiger partial charge in [-0.2, -0.15) is 13.2 Å². The molecule has 1 heterocycles. The van der Waals surface area contributed by atoms with Gasteiger partial charge >= 0.3 is 6.18 Å². The van der Waals surface area contributed by atoms with Crippen LogP contribution in [0.2, 0.25) is 0 Å². The second-order valence-electron chi connectivity index (χ2n) is 8.05. The third kappa shape index (κ3) is 4.69. The van der Waals surface area contributed by atoms with E-state index in [1.54, 1.807) is 18.2 Å². The first-order valence-electron chi connectivity index (χ1n) is 10.9. The molecule has 192 valence electrons. The number of aliphatic hydroxyl groups excluding tert-OH is 1. The summed E-state index contributed by atoms with van der Waals surface area (Å²) in [6.07, 6.45) is -4.68. The molecule has 7 nitrogen and oxygen atoms in total. The van der Waals surface area contributed by atoms with Crippen molar-refractivity contribution in [3.8, 4) is 17.2 Å². The van der Waals surface area contributed by atoms with E-state index in [1.165, 1.54) is 51.7 Å². The van der Waals surface area contributed by atoms with Crippen molar-refractivity contribution in [2.75, 3.05) is 26.2 Å². The Hall–Kier alpha value is -4.47. The van der Waals surface area contributed by atoms with Crippen LogP contribution in [0.4, 0.5) is 18.9 Å². The van der Waals surface area contributed by atoms with Crippen molar-refractivity contribution in [3.63, 3.8) is 0 Å². The average Bonchev–Trinajstić information content (AvgIpc) is 3.17.